The third-order valence-electron chi connectivity index (χ3n) is 4.18. The fraction of sp³-hybridized carbons (Fsp3) is 0.500. The minimum absolute atomic E-state index is 0.0558. The van der Waals surface area contributed by atoms with Crippen LogP contribution in [0, 0.1) is 12.8 Å². The molecule has 0 unspecified atom stereocenters. The minimum atomic E-state index is -0.0558. The van der Waals surface area contributed by atoms with Gasteiger partial charge in [0, 0.05) is 13.1 Å². The predicted octanol–water partition coefficient (Wildman–Crippen LogP) is 2.68. The first kappa shape index (κ1) is 20.0. The number of aromatic nitrogens is 2. The van der Waals surface area contributed by atoms with E-state index in [1.54, 1.807) is 7.11 Å². The van der Waals surface area contributed by atoms with Crippen molar-refractivity contribution >= 4 is 5.91 Å². The largest absolute Gasteiger partial charge is 0.497 e. The average Bonchev–Trinajstić information content (AvgIpc) is 2.90. The number of ether oxygens (including phenoxy) is 1. The Morgan fingerprint density at radius 2 is 1.92 bits per heavy atom. The van der Waals surface area contributed by atoms with E-state index >= 15 is 0 Å². The van der Waals surface area contributed by atoms with Gasteiger partial charge >= 0.3 is 0 Å². The number of hydrogen-bond acceptors (Lipinski definition) is 4. The Morgan fingerprint density at radius 3 is 2.46 bits per heavy atom. The molecular weight excluding hydrogens is 328 g/mol. The van der Waals surface area contributed by atoms with Crippen LogP contribution >= 0.6 is 0 Å². The summed E-state index contributed by atoms with van der Waals surface area (Å²) in [7, 11) is 5.62. The minimum Gasteiger partial charge on any atom is -0.497 e. The predicted molar refractivity (Wildman–Crippen MR) is 104 cm³/mol. The standard InChI is InChI=1S/C20H30N4O2/c1-14(2)13-18-19(20(25)21-11-12-23(4)5)15(3)24(22-18)16-7-9-17(26-6)10-8-16/h7-10,14H,11-13H2,1-6H3,(H,21,25). The molecule has 6 nitrogen and oxygen atoms in total. The summed E-state index contributed by atoms with van der Waals surface area (Å²) in [6.07, 6.45) is 0.764. The van der Waals surface area contributed by atoms with Gasteiger partial charge in [0.15, 0.2) is 0 Å². The van der Waals surface area contributed by atoms with Gasteiger partial charge in [0.05, 0.1) is 29.7 Å². The summed E-state index contributed by atoms with van der Waals surface area (Å²) in [5.41, 5.74) is 3.30. The molecule has 1 N–H and O–H groups in total. The van der Waals surface area contributed by atoms with Crippen LogP contribution in [0.2, 0.25) is 0 Å². The average molecular weight is 358 g/mol. The van der Waals surface area contributed by atoms with E-state index in [1.807, 2.05) is 54.9 Å². The number of rotatable bonds is 8. The quantitative estimate of drug-likeness (QED) is 0.788. The van der Waals surface area contributed by atoms with Gasteiger partial charge in [-0.1, -0.05) is 13.8 Å². The Hall–Kier alpha value is -2.34. The number of amides is 1. The zero-order valence-corrected chi connectivity index (χ0v) is 16.7. The van der Waals surface area contributed by atoms with Crippen molar-refractivity contribution in [3.05, 3.63) is 41.2 Å². The maximum atomic E-state index is 12.8. The molecule has 26 heavy (non-hydrogen) atoms. The molecule has 142 valence electrons. The zero-order valence-electron chi connectivity index (χ0n) is 16.7. The molecule has 0 radical (unpaired) electrons. The summed E-state index contributed by atoms with van der Waals surface area (Å²) < 4.78 is 7.07. The SMILES string of the molecule is COc1ccc(-n2nc(CC(C)C)c(C(=O)NCCN(C)C)c2C)cc1. The Labute approximate surface area is 156 Å². The number of nitrogens with one attached hydrogen (secondary N) is 1. The van der Waals surface area contributed by atoms with Gasteiger partial charge in [-0.25, -0.2) is 4.68 Å². The van der Waals surface area contributed by atoms with Crippen molar-refractivity contribution in [1.82, 2.24) is 20.0 Å². The van der Waals surface area contributed by atoms with Crippen LogP contribution < -0.4 is 10.1 Å². The molecule has 0 aliphatic carbocycles. The van der Waals surface area contributed by atoms with E-state index < -0.39 is 0 Å². The van der Waals surface area contributed by atoms with Gasteiger partial charge in [0.1, 0.15) is 5.75 Å². The van der Waals surface area contributed by atoms with Crippen LogP contribution in [0.5, 0.6) is 5.75 Å². The van der Waals surface area contributed by atoms with Crippen LogP contribution in [0.4, 0.5) is 0 Å². The number of benzene rings is 1. The second-order valence-corrected chi connectivity index (χ2v) is 7.17. The van der Waals surface area contributed by atoms with E-state index in [0.717, 1.165) is 35.8 Å². The molecule has 2 aromatic rings. The van der Waals surface area contributed by atoms with Crippen LogP contribution in [0.1, 0.15) is 35.6 Å². The Morgan fingerprint density at radius 1 is 1.27 bits per heavy atom. The van der Waals surface area contributed by atoms with Crippen LogP contribution in [0.3, 0.4) is 0 Å². The lowest BCUT2D eigenvalue weighted by molar-refractivity contribution is 0.0949. The maximum absolute atomic E-state index is 12.8. The topological polar surface area (TPSA) is 59.4 Å². The van der Waals surface area contributed by atoms with Crippen LogP contribution in [0.25, 0.3) is 5.69 Å². The third-order valence-corrected chi connectivity index (χ3v) is 4.18. The van der Waals surface area contributed by atoms with Crippen LogP contribution in [-0.2, 0) is 6.42 Å². The van der Waals surface area contributed by atoms with Crippen molar-refractivity contribution < 1.29 is 9.53 Å². The smallest absolute Gasteiger partial charge is 0.255 e. The Balaban J connectivity index is 2.35. The summed E-state index contributed by atoms with van der Waals surface area (Å²) in [6, 6.07) is 7.70. The number of carbonyl (C=O) groups is 1. The lowest BCUT2D eigenvalue weighted by atomic mass is 10.0. The molecule has 6 heteroatoms. The fourth-order valence-electron chi connectivity index (χ4n) is 2.84. The molecule has 0 fully saturated rings. The molecular formula is C20H30N4O2. The van der Waals surface area contributed by atoms with E-state index in [-0.39, 0.29) is 5.91 Å². The van der Waals surface area contributed by atoms with Crippen molar-refractivity contribution in [3.63, 3.8) is 0 Å². The summed E-state index contributed by atoms with van der Waals surface area (Å²) in [4.78, 5) is 14.8. The fourth-order valence-corrected chi connectivity index (χ4v) is 2.84. The van der Waals surface area contributed by atoms with Gasteiger partial charge in [0.25, 0.3) is 5.91 Å². The lowest BCUT2D eigenvalue weighted by Gasteiger charge is -2.11. The molecule has 2 rings (SSSR count). The molecule has 0 bridgehead atoms. The van der Waals surface area contributed by atoms with Gasteiger partial charge in [-0.05, 0) is 57.6 Å². The first-order valence-corrected chi connectivity index (χ1v) is 8.99. The molecule has 0 saturated heterocycles. The second kappa shape index (κ2) is 8.85. The normalized spacial score (nSPS) is 11.2. The monoisotopic (exact) mass is 358 g/mol. The van der Waals surface area contributed by atoms with Crippen molar-refractivity contribution in [2.75, 3.05) is 34.3 Å². The summed E-state index contributed by atoms with van der Waals surface area (Å²) in [5.74, 6) is 1.16. The van der Waals surface area contributed by atoms with Crippen molar-refractivity contribution in [1.29, 1.82) is 0 Å². The van der Waals surface area contributed by atoms with E-state index in [9.17, 15) is 4.79 Å². The van der Waals surface area contributed by atoms with Gasteiger partial charge in [-0.3, -0.25) is 4.79 Å². The van der Waals surface area contributed by atoms with Gasteiger partial charge < -0.3 is 15.0 Å². The van der Waals surface area contributed by atoms with E-state index in [4.69, 9.17) is 9.84 Å². The molecule has 0 saturated carbocycles. The Bertz CT molecular complexity index is 733. The highest BCUT2D eigenvalue weighted by Crippen LogP contribution is 2.22. The summed E-state index contributed by atoms with van der Waals surface area (Å²) >= 11 is 0. The van der Waals surface area contributed by atoms with Gasteiger partial charge in [-0.15, -0.1) is 0 Å². The number of nitrogens with zero attached hydrogens (tertiary/aromatic N) is 3. The number of likely N-dealkylation sites (N-methyl/N-ethyl adjacent to an activating group) is 1. The zero-order chi connectivity index (χ0) is 19.3. The first-order chi connectivity index (χ1) is 12.3. The number of methoxy groups -OCH3 is 1. The molecule has 1 heterocycles. The number of hydrogen-bond donors (Lipinski definition) is 1. The highest BCUT2D eigenvalue weighted by Gasteiger charge is 2.22. The molecule has 0 spiro atoms. The second-order valence-electron chi connectivity index (χ2n) is 7.17. The first-order valence-electron chi connectivity index (χ1n) is 8.99. The van der Waals surface area contributed by atoms with Crippen LogP contribution in [-0.4, -0.2) is 54.9 Å². The van der Waals surface area contributed by atoms with Crippen molar-refractivity contribution in [2.45, 2.75) is 27.2 Å². The molecule has 0 aliphatic heterocycles. The molecule has 1 aromatic carbocycles. The summed E-state index contributed by atoms with van der Waals surface area (Å²) in [5, 5.41) is 7.76. The van der Waals surface area contributed by atoms with E-state index in [1.165, 1.54) is 0 Å². The third kappa shape index (κ3) is 4.85. The lowest BCUT2D eigenvalue weighted by Crippen LogP contribution is -2.32. The highest BCUT2D eigenvalue weighted by atomic mass is 16.5. The highest BCUT2D eigenvalue weighted by molar-refractivity contribution is 5.96. The number of carbonyl (C=O) groups excluding carboxylic acids is 1. The summed E-state index contributed by atoms with van der Waals surface area (Å²) in [6.45, 7) is 7.63. The Kier molecular flexibility index (Phi) is 6.80. The van der Waals surface area contributed by atoms with Crippen molar-refractivity contribution in [3.8, 4) is 11.4 Å². The van der Waals surface area contributed by atoms with Gasteiger partial charge in [-0.2, -0.15) is 5.10 Å². The molecule has 1 amide bonds. The molecule has 1 aromatic heterocycles. The molecule has 0 atom stereocenters. The molecule has 0 aliphatic rings. The van der Waals surface area contributed by atoms with Gasteiger partial charge in [0.2, 0.25) is 0 Å². The van der Waals surface area contributed by atoms with E-state index in [2.05, 4.69) is 19.2 Å². The maximum Gasteiger partial charge on any atom is 0.255 e. The van der Waals surface area contributed by atoms with Crippen LogP contribution in [0.15, 0.2) is 24.3 Å². The van der Waals surface area contributed by atoms with E-state index in [0.29, 0.717) is 18.0 Å². The van der Waals surface area contributed by atoms with Crippen molar-refractivity contribution in [2.24, 2.45) is 5.92 Å².